The van der Waals surface area contributed by atoms with E-state index < -0.39 is 5.60 Å². The molecular formula is C16H27N3O3. The number of carbonyl (C=O) groups is 1. The summed E-state index contributed by atoms with van der Waals surface area (Å²) in [6.07, 6.45) is 4.43. The van der Waals surface area contributed by atoms with Gasteiger partial charge in [-0.25, -0.2) is 4.79 Å². The number of rotatable bonds is 5. The maximum Gasteiger partial charge on any atom is 0.410 e. The third-order valence-corrected chi connectivity index (χ3v) is 3.75. The summed E-state index contributed by atoms with van der Waals surface area (Å²) in [6.45, 7) is 9.27. The van der Waals surface area contributed by atoms with Crippen molar-refractivity contribution in [2.75, 3.05) is 6.54 Å². The molecule has 2 rings (SSSR count). The predicted molar refractivity (Wildman–Crippen MR) is 83.4 cm³/mol. The molecule has 1 aliphatic rings. The molecule has 0 saturated carbocycles. The second-order valence-corrected chi connectivity index (χ2v) is 6.97. The van der Waals surface area contributed by atoms with Gasteiger partial charge in [-0.15, -0.1) is 0 Å². The molecule has 2 unspecified atom stereocenters. The van der Waals surface area contributed by atoms with Gasteiger partial charge in [-0.3, -0.25) is 0 Å². The molecule has 124 valence electrons. The molecule has 6 heteroatoms. The van der Waals surface area contributed by atoms with Gasteiger partial charge in [0.05, 0.1) is 12.7 Å². The van der Waals surface area contributed by atoms with Crippen LogP contribution in [0.2, 0.25) is 0 Å². The Kier molecular flexibility index (Phi) is 5.45. The van der Waals surface area contributed by atoms with Crippen LogP contribution in [0.3, 0.4) is 0 Å². The highest BCUT2D eigenvalue weighted by Gasteiger charge is 2.32. The molecule has 22 heavy (non-hydrogen) atoms. The van der Waals surface area contributed by atoms with Gasteiger partial charge >= 0.3 is 6.09 Å². The highest BCUT2D eigenvalue weighted by Crippen LogP contribution is 2.24. The number of amides is 1. The molecule has 0 aromatic carbocycles. The molecule has 0 spiro atoms. The second-order valence-electron chi connectivity index (χ2n) is 6.97. The predicted octanol–water partition coefficient (Wildman–Crippen LogP) is 2.94. The SMILES string of the molecule is CC(CC1CCCN1C(=O)OC(C)(C)C)NCc1ccno1. The molecule has 6 nitrogen and oxygen atoms in total. The third kappa shape index (κ3) is 5.02. The van der Waals surface area contributed by atoms with Crippen molar-refractivity contribution in [2.45, 2.75) is 71.2 Å². The summed E-state index contributed by atoms with van der Waals surface area (Å²) in [7, 11) is 0. The lowest BCUT2D eigenvalue weighted by atomic mass is 10.1. The topological polar surface area (TPSA) is 67.6 Å². The number of carbonyl (C=O) groups excluding carboxylic acids is 1. The molecular weight excluding hydrogens is 282 g/mol. The van der Waals surface area contributed by atoms with Gasteiger partial charge in [0.15, 0.2) is 0 Å². The second kappa shape index (κ2) is 7.13. The Hall–Kier alpha value is -1.56. The molecule has 1 fully saturated rings. The van der Waals surface area contributed by atoms with E-state index in [1.165, 1.54) is 0 Å². The van der Waals surface area contributed by atoms with Crippen LogP contribution in [0.15, 0.2) is 16.8 Å². The minimum absolute atomic E-state index is 0.197. The van der Waals surface area contributed by atoms with Gasteiger partial charge < -0.3 is 19.5 Å². The average molecular weight is 309 g/mol. The monoisotopic (exact) mass is 309 g/mol. The summed E-state index contributed by atoms with van der Waals surface area (Å²) in [6, 6.07) is 2.38. The van der Waals surface area contributed by atoms with Crippen molar-refractivity contribution in [3.05, 3.63) is 18.0 Å². The fourth-order valence-corrected chi connectivity index (χ4v) is 2.74. The molecule has 2 atom stereocenters. The van der Waals surface area contributed by atoms with Gasteiger partial charge in [0, 0.05) is 24.7 Å². The first-order valence-electron chi connectivity index (χ1n) is 7.98. The fraction of sp³-hybridized carbons (Fsp3) is 0.750. The molecule has 1 N–H and O–H groups in total. The molecule has 0 radical (unpaired) electrons. The van der Waals surface area contributed by atoms with Crippen LogP contribution in [0.25, 0.3) is 0 Å². The lowest BCUT2D eigenvalue weighted by molar-refractivity contribution is 0.0214. The van der Waals surface area contributed by atoms with Gasteiger partial charge in [-0.05, 0) is 47.0 Å². The summed E-state index contributed by atoms with van der Waals surface area (Å²) < 4.78 is 10.6. The van der Waals surface area contributed by atoms with Crippen molar-refractivity contribution in [2.24, 2.45) is 0 Å². The van der Waals surface area contributed by atoms with Crippen LogP contribution in [-0.4, -0.2) is 40.4 Å². The number of ether oxygens (including phenoxy) is 1. The van der Waals surface area contributed by atoms with E-state index in [-0.39, 0.29) is 18.2 Å². The highest BCUT2D eigenvalue weighted by molar-refractivity contribution is 5.68. The fourth-order valence-electron chi connectivity index (χ4n) is 2.74. The van der Waals surface area contributed by atoms with Gasteiger partial charge in [0.2, 0.25) is 0 Å². The highest BCUT2D eigenvalue weighted by atomic mass is 16.6. The van der Waals surface area contributed by atoms with Gasteiger partial charge in [0.25, 0.3) is 0 Å². The van der Waals surface area contributed by atoms with Crippen molar-refractivity contribution < 1.29 is 14.1 Å². The van der Waals surface area contributed by atoms with Crippen molar-refractivity contribution in [3.8, 4) is 0 Å². The largest absolute Gasteiger partial charge is 0.444 e. The van der Waals surface area contributed by atoms with Crippen LogP contribution in [0.4, 0.5) is 4.79 Å². The van der Waals surface area contributed by atoms with Gasteiger partial charge in [-0.1, -0.05) is 5.16 Å². The average Bonchev–Trinajstić information content (AvgIpc) is 3.05. The zero-order chi connectivity index (χ0) is 16.2. The Balaban J connectivity index is 1.81. The Morgan fingerprint density at radius 2 is 2.36 bits per heavy atom. The standard InChI is InChI=1S/C16H27N3O3/c1-12(17-11-14-7-8-18-22-14)10-13-6-5-9-19(13)15(20)21-16(2,3)4/h7-8,12-13,17H,5-6,9-11H2,1-4H3. The normalized spacial score (nSPS) is 20.2. The van der Waals surface area contributed by atoms with Crippen LogP contribution < -0.4 is 5.32 Å². The summed E-state index contributed by atoms with van der Waals surface area (Å²) in [5.41, 5.74) is -0.444. The molecule has 1 aromatic rings. The van der Waals surface area contributed by atoms with Crippen LogP contribution in [0.5, 0.6) is 0 Å². The quantitative estimate of drug-likeness (QED) is 0.905. The zero-order valence-corrected chi connectivity index (χ0v) is 14.0. The van der Waals surface area contributed by atoms with E-state index in [9.17, 15) is 4.79 Å². The van der Waals surface area contributed by atoms with Crippen molar-refractivity contribution in [1.82, 2.24) is 15.4 Å². The Morgan fingerprint density at radius 1 is 1.59 bits per heavy atom. The van der Waals surface area contributed by atoms with E-state index in [4.69, 9.17) is 9.26 Å². The van der Waals surface area contributed by atoms with Crippen LogP contribution in [0.1, 0.15) is 52.7 Å². The number of aromatic nitrogens is 1. The molecule has 1 amide bonds. The van der Waals surface area contributed by atoms with E-state index >= 15 is 0 Å². The van der Waals surface area contributed by atoms with Crippen LogP contribution in [0, 0.1) is 0 Å². The Morgan fingerprint density at radius 3 is 3.00 bits per heavy atom. The first kappa shape index (κ1) is 16.8. The molecule has 2 heterocycles. The van der Waals surface area contributed by atoms with E-state index in [1.807, 2.05) is 31.7 Å². The number of hydrogen-bond acceptors (Lipinski definition) is 5. The third-order valence-electron chi connectivity index (χ3n) is 3.75. The number of nitrogens with one attached hydrogen (secondary N) is 1. The number of nitrogens with zero attached hydrogens (tertiary/aromatic N) is 2. The number of hydrogen-bond donors (Lipinski definition) is 1. The van der Waals surface area contributed by atoms with E-state index in [0.717, 1.165) is 31.6 Å². The molecule has 1 saturated heterocycles. The minimum atomic E-state index is -0.444. The Bertz CT molecular complexity index is 467. The van der Waals surface area contributed by atoms with Crippen molar-refractivity contribution >= 4 is 6.09 Å². The van der Waals surface area contributed by atoms with Crippen molar-refractivity contribution in [1.29, 1.82) is 0 Å². The molecule has 1 aromatic heterocycles. The van der Waals surface area contributed by atoms with Crippen molar-refractivity contribution in [3.63, 3.8) is 0 Å². The zero-order valence-electron chi connectivity index (χ0n) is 14.0. The number of likely N-dealkylation sites (tertiary alicyclic amines) is 1. The maximum absolute atomic E-state index is 12.3. The summed E-state index contributed by atoms with van der Waals surface area (Å²) in [5.74, 6) is 0.822. The molecule has 0 bridgehead atoms. The van der Waals surface area contributed by atoms with Crippen LogP contribution >= 0.6 is 0 Å². The molecule has 0 aliphatic carbocycles. The maximum atomic E-state index is 12.3. The first-order chi connectivity index (χ1) is 10.3. The summed E-state index contributed by atoms with van der Waals surface area (Å²) in [4.78, 5) is 14.1. The molecule has 1 aliphatic heterocycles. The van der Waals surface area contributed by atoms with E-state index in [2.05, 4.69) is 17.4 Å². The summed E-state index contributed by atoms with van der Waals surface area (Å²) in [5, 5.41) is 7.10. The Labute approximate surface area is 132 Å². The van der Waals surface area contributed by atoms with Crippen LogP contribution in [-0.2, 0) is 11.3 Å². The van der Waals surface area contributed by atoms with E-state index in [0.29, 0.717) is 6.54 Å². The van der Waals surface area contributed by atoms with E-state index in [1.54, 1.807) is 6.20 Å². The van der Waals surface area contributed by atoms with Gasteiger partial charge in [-0.2, -0.15) is 0 Å². The lowest BCUT2D eigenvalue weighted by Crippen LogP contribution is -2.42. The summed E-state index contributed by atoms with van der Waals surface area (Å²) >= 11 is 0. The smallest absolute Gasteiger partial charge is 0.410 e. The first-order valence-corrected chi connectivity index (χ1v) is 7.98. The lowest BCUT2D eigenvalue weighted by Gasteiger charge is -2.30. The van der Waals surface area contributed by atoms with Gasteiger partial charge in [0.1, 0.15) is 11.4 Å². The minimum Gasteiger partial charge on any atom is -0.444 e.